The van der Waals surface area contributed by atoms with Crippen LogP contribution in [0.5, 0.6) is 5.75 Å². The molecule has 2 aromatic heterocycles. The smallest absolute Gasteiger partial charge is 0.191 e. The fourth-order valence-electron chi connectivity index (χ4n) is 2.57. The lowest BCUT2D eigenvalue weighted by Gasteiger charge is -2.07. The van der Waals surface area contributed by atoms with Crippen molar-refractivity contribution in [3.63, 3.8) is 0 Å². The Bertz CT molecular complexity index is 1110. The summed E-state index contributed by atoms with van der Waals surface area (Å²) in [5.74, 6) is 2.64. The van der Waals surface area contributed by atoms with Crippen molar-refractivity contribution in [3.05, 3.63) is 76.2 Å². The van der Waals surface area contributed by atoms with Gasteiger partial charge >= 0.3 is 0 Å². The van der Waals surface area contributed by atoms with E-state index in [1.807, 2.05) is 60.1 Å². The van der Waals surface area contributed by atoms with Gasteiger partial charge in [0.25, 0.3) is 0 Å². The molecule has 0 saturated heterocycles. The second-order valence-corrected chi connectivity index (χ2v) is 7.94. The number of benzene rings is 2. The summed E-state index contributed by atoms with van der Waals surface area (Å²) < 4.78 is 13.1. The number of halogens is 2. The maximum Gasteiger partial charge on any atom is 0.191 e. The van der Waals surface area contributed by atoms with Gasteiger partial charge in [0.05, 0.1) is 10.8 Å². The van der Waals surface area contributed by atoms with Crippen LogP contribution in [0.4, 0.5) is 0 Å². The van der Waals surface area contributed by atoms with E-state index < -0.39 is 0 Å². The van der Waals surface area contributed by atoms with E-state index in [1.54, 1.807) is 6.07 Å². The Morgan fingerprint density at radius 2 is 1.86 bits per heavy atom. The molecule has 0 spiro atoms. The van der Waals surface area contributed by atoms with Crippen LogP contribution in [0.2, 0.25) is 10.0 Å². The molecule has 0 aliphatic rings. The highest BCUT2D eigenvalue weighted by molar-refractivity contribution is 7.98. The molecule has 0 bridgehead atoms. The Labute approximate surface area is 181 Å². The highest BCUT2D eigenvalue weighted by Crippen LogP contribution is 2.27. The third-order valence-corrected chi connectivity index (χ3v) is 5.77. The number of rotatable bonds is 7. The van der Waals surface area contributed by atoms with E-state index in [1.165, 1.54) is 11.8 Å². The number of thioether (sulfide) groups is 1. The van der Waals surface area contributed by atoms with Gasteiger partial charge in [-0.05, 0) is 24.3 Å². The molecule has 0 N–H and O–H groups in total. The third-order valence-electron chi connectivity index (χ3n) is 4.16. The maximum absolute atomic E-state index is 6.11. The summed E-state index contributed by atoms with van der Waals surface area (Å²) in [6.45, 7) is 0.275. The molecular weight excluding hydrogens is 431 g/mol. The van der Waals surface area contributed by atoms with E-state index >= 15 is 0 Å². The van der Waals surface area contributed by atoms with E-state index in [4.69, 9.17) is 32.5 Å². The van der Waals surface area contributed by atoms with Crippen LogP contribution < -0.4 is 4.74 Å². The molecule has 0 aliphatic heterocycles. The van der Waals surface area contributed by atoms with Crippen LogP contribution in [0.25, 0.3) is 11.3 Å². The number of para-hydroxylation sites is 1. The first kappa shape index (κ1) is 19.8. The monoisotopic (exact) mass is 446 g/mol. The average molecular weight is 447 g/mol. The predicted molar refractivity (Wildman–Crippen MR) is 113 cm³/mol. The molecule has 0 atom stereocenters. The number of hydrogen-bond donors (Lipinski definition) is 0. The summed E-state index contributed by atoms with van der Waals surface area (Å²) in [6, 6.07) is 16.7. The largest absolute Gasteiger partial charge is 0.484 e. The van der Waals surface area contributed by atoms with Crippen LogP contribution in [-0.4, -0.2) is 19.9 Å². The average Bonchev–Trinajstić information content (AvgIpc) is 3.33. The molecule has 0 fully saturated rings. The van der Waals surface area contributed by atoms with Crippen molar-refractivity contribution in [2.45, 2.75) is 17.5 Å². The molecule has 29 heavy (non-hydrogen) atoms. The van der Waals surface area contributed by atoms with Gasteiger partial charge in [0.1, 0.15) is 23.8 Å². The van der Waals surface area contributed by atoms with Crippen LogP contribution >= 0.6 is 35.0 Å². The first-order valence-electron chi connectivity index (χ1n) is 8.70. The van der Waals surface area contributed by atoms with Crippen molar-refractivity contribution in [2.24, 2.45) is 7.05 Å². The van der Waals surface area contributed by atoms with Gasteiger partial charge in [0.2, 0.25) is 0 Å². The van der Waals surface area contributed by atoms with Crippen molar-refractivity contribution < 1.29 is 9.26 Å². The zero-order valence-electron chi connectivity index (χ0n) is 15.4. The van der Waals surface area contributed by atoms with Gasteiger partial charge in [0, 0.05) is 23.7 Å². The first-order valence-corrected chi connectivity index (χ1v) is 10.4. The van der Waals surface area contributed by atoms with Crippen LogP contribution in [0.15, 0.2) is 64.3 Å². The van der Waals surface area contributed by atoms with E-state index in [0.717, 1.165) is 22.2 Å². The number of aromatic nitrogens is 4. The molecule has 4 aromatic rings. The predicted octanol–water partition coefficient (Wildman–Crippen LogP) is 5.65. The van der Waals surface area contributed by atoms with Crippen LogP contribution in [0.1, 0.15) is 11.6 Å². The second-order valence-electron chi connectivity index (χ2n) is 6.15. The number of hydrogen-bond acceptors (Lipinski definition) is 6. The Kier molecular flexibility index (Phi) is 6.08. The summed E-state index contributed by atoms with van der Waals surface area (Å²) >= 11 is 13.5. The molecule has 0 aliphatic carbocycles. The Morgan fingerprint density at radius 1 is 1.07 bits per heavy atom. The summed E-state index contributed by atoms with van der Waals surface area (Å²) in [5, 5.41) is 14.5. The zero-order valence-corrected chi connectivity index (χ0v) is 17.7. The SMILES string of the molecule is Cn1c(COc2ccccc2Cl)nnc1SCc1cc(-c2ccc(Cl)cc2)no1. The Hall–Kier alpha value is -2.48. The molecule has 0 amide bonds. The molecule has 0 unspecified atom stereocenters. The summed E-state index contributed by atoms with van der Waals surface area (Å²) in [6.07, 6.45) is 0. The Morgan fingerprint density at radius 3 is 2.66 bits per heavy atom. The minimum absolute atomic E-state index is 0.275. The van der Waals surface area contributed by atoms with E-state index in [9.17, 15) is 0 Å². The molecule has 2 heterocycles. The minimum Gasteiger partial charge on any atom is -0.484 e. The summed E-state index contributed by atoms with van der Waals surface area (Å²) in [4.78, 5) is 0. The molecule has 0 radical (unpaired) electrons. The topological polar surface area (TPSA) is 66.0 Å². The van der Waals surface area contributed by atoms with Crippen LogP contribution in [0.3, 0.4) is 0 Å². The molecule has 4 rings (SSSR count). The molecule has 0 saturated carbocycles. The van der Waals surface area contributed by atoms with E-state index in [-0.39, 0.29) is 6.61 Å². The van der Waals surface area contributed by atoms with Crippen molar-refractivity contribution >= 4 is 35.0 Å². The van der Waals surface area contributed by atoms with Crippen molar-refractivity contribution in [3.8, 4) is 17.0 Å². The van der Waals surface area contributed by atoms with E-state index in [0.29, 0.717) is 27.4 Å². The third kappa shape index (κ3) is 4.75. The molecule has 2 aromatic carbocycles. The number of ether oxygens (including phenoxy) is 1. The highest BCUT2D eigenvalue weighted by Gasteiger charge is 2.13. The first-order chi connectivity index (χ1) is 14.1. The lowest BCUT2D eigenvalue weighted by atomic mass is 10.1. The molecule has 6 nitrogen and oxygen atoms in total. The molecular formula is C20H16Cl2N4O2S. The quantitative estimate of drug-likeness (QED) is 0.341. The van der Waals surface area contributed by atoms with Gasteiger partial charge in [-0.1, -0.05) is 64.4 Å². The van der Waals surface area contributed by atoms with Gasteiger partial charge in [-0.2, -0.15) is 0 Å². The van der Waals surface area contributed by atoms with Gasteiger partial charge in [-0.25, -0.2) is 0 Å². The van der Waals surface area contributed by atoms with Gasteiger partial charge in [0.15, 0.2) is 11.0 Å². The summed E-state index contributed by atoms with van der Waals surface area (Å²) in [7, 11) is 1.90. The standard InChI is InChI=1S/C20H16Cl2N4O2S/c1-26-19(11-27-18-5-3-2-4-16(18)22)23-24-20(26)29-12-15-10-17(25-28-15)13-6-8-14(21)9-7-13/h2-10H,11-12H2,1H3. The van der Waals surface area contributed by atoms with Gasteiger partial charge in [-0.3, -0.25) is 0 Å². The Balaban J connectivity index is 1.37. The van der Waals surface area contributed by atoms with Crippen molar-refractivity contribution in [1.82, 2.24) is 19.9 Å². The zero-order chi connectivity index (χ0) is 20.2. The van der Waals surface area contributed by atoms with Crippen molar-refractivity contribution in [2.75, 3.05) is 0 Å². The fraction of sp³-hybridized carbons (Fsp3) is 0.150. The molecule has 148 valence electrons. The molecule has 9 heteroatoms. The summed E-state index contributed by atoms with van der Waals surface area (Å²) in [5.41, 5.74) is 1.72. The minimum atomic E-state index is 0.275. The van der Waals surface area contributed by atoms with Crippen LogP contribution in [-0.2, 0) is 19.4 Å². The second kappa shape index (κ2) is 8.90. The van der Waals surface area contributed by atoms with E-state index in [2.05, 4.69) is 15.4 Å². The van der Waals surface area contributed by atoms with Crippen LogP contribution in [0, 0.1) is 0 Å². The lowest BCUT2D eigenvalue weighted by Crippen LogP contribution is -2.04. The fourth-order valence-corrected chi connectivity index (χ4v) is 3.70. The highest BCUT2D eigenvalue weighted by atomic mass is 35.5. The van der Waals surface area contributed by atoms with Crippen molar-refractivity contribution in [1.29, 1.82) is 0 Å². The maximum atomic E-state index is 6.11. The lowest BCUT2D eigenvalue weighted by molar-refractivity contribution is 0.290. The normalized spacial score (nSPS) is 11.0. The van der Waals surface area contributed by atoms with Gasteiger partial charge < -0.3 is 13.8 Å². The van der Waals surface area contributed by atoms with Gasteiger partial charge in [-0.15, -0.1) is 10.2 Å². The number of nitrogens with zero attached hydrogens (tertiary/aromatic N) is 4.